The molecule has 98 valence electrons. The third-order valence-electron chi connectivity index (χ3n) is 1.89. The topological polar surface area (TPSA) is 52.6 Å². The molecule has 0 aromatic rings. The van der Waals surface area contributed by atoms with Crippen LogP contribution in [-0.4, -0.2) is 57.5 Å². The maximum absolute atomic E-state index is 11.4. The number of likely N-dealkylation sites (N-methyl/N-ethyl adjacent to an activating group) is 1. The van der Waals surface area contributed by atoms with Gasteiger partial charge in [0.15, 0.2) is 12.8 Å². The molecule has 0 rings (SSSR count). The van der Waals surface area contributed by atoms with Gasteiger partial charge < -0.3 is 9.22 Å². The summed E-state index contributed by atoms with van der Waals surface area (Å²) in [5.41, 5.74) is 0. The van der Waals surface area contributed by atoms with Crippen LogP contribution in [0.3, 0.4) is 0 Å². The van der Waals surface area contributed by atoms with Crippen LogP contribution in [0.1, 0.15) is 6.42 Å². The van der Waals surface area contributed by atoms with Crippen molar-refractivity contribution in [1.82, 2.24) is 0 Å². The smallest absolute Gasteiger partial charge is 0.462 e. The molecule has 17 heavy (non-hydrogen) atoms. The monoisotopic (exact) mass is 263 g/mol. The van der Waals surface area contributed by atoms with E-state index in [4.69, 9.17) is 9.26 Å². The van der Waals surface area contributed by atoms with Crippen molar-refractivity contribution < 1.29 is 23.1 Å². The lowest BCUT2D eigenvalue weighted by atomic mass is 10.5. The molecule has 0 aliphatic rings. The summed E-state index contributed by atoms with van der Waals surface area (Å²) in [4.78, 5) is 10.7. The maximum Gasteiger partial charge on any atom is 0.508 e. The van der Waals surface area contributed by atoms with Gasteiger partial charge in [0.2, 0.25) is 0 Å². The lowest BCUT2D eigenvalue weighted by Crippen LogP contribution is -2.37. The van der Waals surface area contributed by atoms with Gasteiger partial charge in [0.05, 0.1) is 27.7 Å². The van der Waals surface area contributed by atoms with Crippen LogP contribution in [0.25, 0.3) is 0 Å². The Hall–Kier alpha value is -0.770. The van der Waals surface area contributed by atoms with Gasteiger partial charge in [-0.3, -0.25) is 0 Å². The summed E-state index contributed by atoms with van der Waals surface area (Å²) in [6.07, 6.45) is 2.06. The van der Waals surface area contributed by atoms with Gasteiger partial charge in [-0.25, -0.2) is 4.79 Å². The molecular formula is C11H22NO4P+2. The number of nitrogens with zero attached hydrogens (tertiary/aromatic N) is 1. The lowest BCUT2D eigenvalue weighted by molar-refractivity contribution is -0.870. The number of hydrogen-bond donors (Lipinski definition) is 0. The molecule has 0 bridgehead atoms. The second-order valence-electron chi connectivity index (χ2n) is 4.63. The molecule has 0 saturated carbocycles. The van der Waals surface area contributed by atoms with E-state index in [-0.39, 0.29) is 6.61 Å². The average molecular weight is 263 g/mol. The van der Waals surface area contributed by atoms with Crippen LogP contribution in [0.4, 0.5) is 0 Å². The van der Waals surface area contributed by atoms with E-state index in [1.807, 2.05) is 21.1 Å². The molecule has 1 unspecified atom stereocenters. The third kappa shape index (κ3) is 11.5. The predicted molar refractivity (Wildman–Crippen MR) is 67.1 cm³/mol. The molecule has 0 N–H and O–H groups in total. The minimum absolute atomic E-state index is 0.255. The molecule has 6 heteroatoms. The number of carbonyl (C=O) groups excluding carboxylic acids is 1. The van der Waals surface area contributed by atoms with Gasteiger partial charge in [-0.1, -0.05) is 6.58 Å². The van der Waals surface area contributed by atoms with E-state index in [2.05, 4.69) is 6.58 Å². The minimum Gasteiger partial charge on any atom is -0.462 e. The average Bonchev–Trinajstić information content (AvgIpc) is 2.22. The highest BCUT2D eigenvalue weighted by Gasteiger charge is 2.19. The Kier molecular flexibility index (Phi) is 7.96. The van der Waals surface area contributed by atoms with Gasteiger partial charge in [-0.2, -0.15) is 0 Å². The van der Waals surface area contributed by atoms with Crippen LogP contribution in [0.2, 0.25) is 0 Å². The zero-order valence-corrected chi connectivity index (χ0v) is 11.7. The molecule has 0 aromatic carbocycles. The van der Waals surface area contributed by atoms with Crippen molar-refractivity contribution in [2.24, 2.45) is 0 Å². The van der Waals surface area contributed by atoms with Crippen molar-refractivity contribution in [2.75, 3.05) is 47.1 Å². The third-order valence-corrected chi connectivity index (χ3v) is 3.05. The van der Waals surface area contributed by atoms with Crippen LogP contribution in [0, 0.1) is 0 Å². The SMILES string of the molecule is C=CC(=O)OCCC[P+](=O)OCC[N+](C)(C)C. The Bertz CT molecular complexity index is 273. The molecule has 0 spiro atoms. The Morgan fingerprint density at radius 3 is 2.53 bits per heavy atom. The first-order valence-corrected chi connectivity index (χ1v) is 6.88. The summed E-state index contributed by atoms with van der Waals surface area (Å²) in [6.45, 7) is 4.82. The van der Waals surface area contributed by atoms with Gasteiger partial charge >= 0.3 is 14.0 Å². The molecule has 0 aliphatic heterocycles. The molecule has 0 aromatic heterocycles. The fourth-order valence-corrected chi connectivity index (χ4v) is 1.71. The van der Waals surface area contributed by atoms with Crippen molar-refractivity contribution in [3.05, 3.63) is 12.7 Å². The summed E-state index contributed by atoms with van der Waals surface area (Å²) < 4.78 is 22.1. The summed E-state index contributed by atoms with van der Waals surface area (Å²) in [5, 5.41) is 0. The van der Waals surface area contributed by atoms with Crippen molar-refractivity contribution in [1.29, 1.82) is 0 Å². The standard InChI is InChI=1S/C11H22NO4P/c1-5-11(13)15-8-6-10-17(14)16-9-7-12(2,3)4/h5H,1,6-10H2,2-4H3/q+2. The second-order valence-corrected chi connectivity index (χ2v) is 6.00. The van der Waals surface area contributed by atoms with E-state index in [0.29, 0.717) is 19.2 Å². The van der Waals surface area contributed by atoms with E-state index in [1.165, 1.54) is 0 Å². The number of rotatable bonds is 9. The first kappa shape index (κ1) is 16.2. The molecule has 1 atom stereocenters. The molecule has 0 amide bonds. The second kappa shape index (κ2) is 8.34. The molecule has 0 saturated heterocycles. The van der Waals surface area contributed by atoms with Crippen molar-refractivity contribution >= 4 is 14.0 Å². The zero-order chi connectivity index (χ0) is 13.3. The van der Waals surface area contributed by atoms with E-state index >= 15 is 0 Å². The van der Waals surface area contributed by atoms with Gasteiger partial charge in [0, 0.05) is 12.5 Å². The van der Waals surface area contributed by atoms with Crippen LogP contribution < -0.4 is 0 Å². The number of hydrogen-bond acceptors (Lipinski definition) is 4. The Balaban J connectivity index is 3.47. The fraction of sp³-hybridized carbons (Fsp3) is 0.727. The van der Waals surface area contributed by atoms with E-state index in [0.717, 1.165) is 17.1 Å². The van der Waals surface area contributed by atoms with Crippen LogP contribution >= 0.6 is 8.03 Å². The molecular weight excluding hydrogens is 241 g/mol. The van der Waals surface area contributed by atoms with Crippen molar-refractivity contribution in [3.8, 4) is 0 Å². The summed E-state index contributed by atoms with van der Waals surface area (Å²) in [7, 11) is 4.49. The van der Waals surface area contributed by atoms with Gasteiger partial charge in [0.25, 0.3) is 0 Å². The predicted octanol–water partition coefficient (Wildman–Crippen LogP) is 1.57. The Morgan fingerprint density at radius 2 is 2.00 bits per heavy atom. The van der Waals surface area contributed by atoms with Gasteiger partial charge in [-0.05, 0) is 4.57 Å². The quantitative estimate of drug-likeness (QED) is 0.208. The number of esters is 1. The molecule has 0 aliphatic carbocycles. The highest BCUT2D eigenvalue weighted by molar-refractivity contribution is 7.39. The zero-order valence-electron chi connectivity index (χ0n) is 10.8. The Morgan fingerprint density at radius 1 is 1.35 bits per heavy atom. The van der Waals surface area contributed by atoms with E-state index < -0.39 is 14.0 Å². The summed E-state index contributed by atoms with van der Waals surface area (Å²) >= 11 is 0. The summed E-state index contributed by atoms with van der Waals surface area (Å²) in [6, 6.07) is 0. The fourth-order valence-electron chi connectivity index (χ4n) is 0.906. The number of quaternary nitrogens is 1. The maximum atomic E-state index is 11.4. The molecule has 0 radical (unpaired) electrons. The lowest BCUT2D eigenvalue weighted by Gasteiger charge is -2.21. The van der Waals surface area contributed by atoms with E-state index in [9.17, 15) is 9.36 Å². The van der Waals surface area contributed by atoms with E-state index in [1.54, 1.807) is 0 Å². The highest BCUT2D eigenvalue weighted by atomic mass is 31.1. The van der Waals surface area contributed by atoms with Crippen LogP contribution in [0.5, 0.6) is 0 Å². The van der Waals surface area contributed by atoms with Crippen molar-refractivity contribution in [3.63, 3.8) is 0 Å². The van der Waals surface area contributed by atoms with Gasteiger partial charge in [0.1, 0.15) is 6.54 Å². The highest BCUT2D eigenvalue weighted by Crippen LogP contribution is 2.22. The summed E-state index contributed by atoms with van der Waals surface area (Å²) in [5.74, 6) is -0.453. The molecule has 0 fully saturated rings. The molecule has 0 heterocycles. The number of ether oxygens (including phenoxy) is 1. The van der Waals surface area contributed by atoms with Crippen LogP contribution in [-0.2, 0) is 18.6 Å². The van der Waals surface area contributed by atoms with Gasteiger partial charge in [-0.15, -0.1) is 4.52 Å². The van der Waals surface area contributed by atoms with Crippen molar-refractivity contribution in [2.45, 2.75) is 6.42 Å². The molecule has 5 nitrogen and oxygen atoms in total. The minimum atomic E-state index is -1.65. The first-order chi connectivity index (χ1) is 7.85. The van der Waals surface area contributed by atoms with Crippen LogP contribution in [0.15, 0.2) is 12.7 Å². The largest absolute Gasteiger partial charge is 0.508 e. The first-order valence-electron chi connectivity index (χ1n) is 5.52. The number of carbonyl (C=O) groups is 1. The normalized spacial score (nSPS) is 12.1. The Labute approximate surface area is 104 Å².